The largest absolute Gasteiger partial charge is 0.348 e. The van der Waals surface area contributed by atoms with Crippen LogP contribution in [0.5, 0.6) is 0 Å². The molecule has 1 unspecified atom stereocenters. The highest BCUT2D eigenvalue weighted by Crippen LogP contribution is 2.40. The van der Waals surface area contributed by atoms with Gasteiger partial charge in [0.1, 0.15) is 5.78 Å². The molecule has 0 aromatic carbocycles. The van der Waals surface area contributed by atoms with Crippen molar-refractivity contribution in [3.8, 4) is 0 Å². The lowest BCUT2D eigenvalue weighted by molar-refractivity contribution is -0.154. The van der Waals surface area contributed by atoms with Gasteiger partial charge in [-0.2, -0.15) is 0 Å². The Morgan fingerprint density at radius 2 is 2.08 bits per heavy atom. The molecule has 0 aromatic heterocycles. The van der Waals surface area contributed by atoms with Crippen molar-refractivity contribution in [2.45, 2.75) is 32.0 Å². The quantitative estimate of drug-likeness (QED) is 0.591. The molecule has 0 bridgehead atoms. The summed E-state index contributed by atoms with van der Waals surface area (Å²) in [4.78, 5) is 11.1. The van der Waals surface area contributed by atoms with Crippen LogP contribution in [0.4, 0.5) is 0 Å². The minimum Gasteiger partial charge on any atom is -0.348 e. The maximum absolute atomic E-state index is 11.1. The molecule has 0 aromatic rings. The van der Waals surface area contributed by atoms with Gasteiger partial charge in [0.25, 0.3) is 0 Å². The second-order valence-electron chi connectivity index (χ2n) is 3.66. The summed E-state index contributed by atoms with van der Waals surface area (Å²) in [5, 5.41) is 0. The Morgan fingerprint density at radius 3 is 2.58 bits per heavy atom. The second kappa shape index (κ2) is 2.82. The van der Waals surface area contributed by atoms with E-state index < -0.39 is 0 Å². The van der Waals surface area contributed by atoms with Gasteiger partial charge < -0.3 is 9.47 Å². The Bertz CT molecular complexity index is 194. The minimum absolute atomic E-state index is 0.170. The normalized spacial score (nSPS) is 32.9. The van der Waals surface area contributed by atoms with Crippen LogP contribution in [0.2, 0.25) is 0 Å². The zero-order valence-electron chi connectivity index (χ0n) is 7.34. The van der Waals surface area contributed by atoms with Crippen molar-refractivity contribution >= 4 is 5.78 Å². The van der Waals surface area contributed by atoms with Crippen molar-refractivity contribution in [3.63, 3.8) is 0 Å². The zero-order chi connectivity index (χ0) is 8.60. The van der Waals surface area contributed by atoms with Gasteiger partial charge >= 0.3 is 0 Å². The minimum atomic E-state index is -0.379. The molecule has 2 aliphatic rings. The average Bonchev–Trinajstić information content (AvgIpc) is 2.62. The first-order chi connectivity index (χ1) is 5.72. The van der Waals surface area contributed by atoms with Crippen LogP contribution in [0.1, 0.15) is 26.2 Å². The third kappa shape index (κ3) is 1.27. The Labute approximate surface area is 72.0 Å². The molecule has 12 heavy (non-hydrogen) atoms. The van der Waals surface area contributed by atoms with Gasteiger partial charge in [0.05, 0.1) is 13.2 Å². The lowest BCUT2D eigenvalue weighted by Gasteiger charge is -2.20. The van der Waals surface area contributed by atoms with Gasteiger partial charge in [0.2, 0.25) is 0 Å². The fourth-order valence-corrected chi connectivity index (χ4v) is 2.08. The fraction of sp³-hybridized carbons (Fsp3) is 0.889. The summed E-state index contributed by atoms with van der Waals surface area (Å²) >= 11 is 0. The molecular weight excluding hydrogens is 156 g/mol. The number of hydrogen-bond acceptors (Lipinski definition) is 3. The van der Waals surface area contributed by atoms with Crippen molar-refractivity contribution in [2.24, 2.45) is 5.92 Å². The lowest BCUT2D eigenvalue weighted by atomic mass is 10.0. The van der Waals surface area contributed by atoms with E-state index in [1.807, 2.05) is 0 Å². The first-order valence-corrected chi connectivity index (χ1v) is 4.50. The monoisotopic (exact) mass is 170 g/mol. The van der Waals surface area contributed by atoms with Crippen molar-refractivity contribution in [1.29, 1.82) is 0 Å². The first kappa shape index (κ1) is 8.20. The molecule has 1 atom stereocenters. The number of rotatable bonds is 1. The van der Waals surface area contributed by atoms with E-state index in [4.69, 9.17) is 9.47 Å². The number of ether oxygens (including phenoxy) is 2. The molecule has 1 saturated carbocycles. The predicted molar refractivity (Wildman–Crippen MR) is 42.7 cm³/mol. The molecule has 2 rings (SSSR count). The SMILES string of the molecule is CC(=O)C1CCC2(C1)OCCO2. The molecule has 68 valence electrons. The van der Waals surface area contributed by atoms with Crippen LogP contribution in [-0.2, 0) is 14.3 Å². The third-order valence-electron chi connectivity index (χ3n) is 2.82. The lowest BCUT2D eigenvalue weighted by Crippen LogP contribution is -2.26. The third-order valence-corrected chi connectivity index (χ3v) is 2.82. The number of ketones is 1. The van der Waals surface area contributed by atoms with E-state index in [0.717, 1.165) is 19.3 Å². The summed E-state index contributed by atoms with van der Waals surface area (Å²) in [5.41, 5.74) is 0. The average molecular weight is 170 g/mol. The Hall–Kier alpha value is -0.410. The molecule has 1 spiro atoms. The van der Waals surface area contributed by atoms with Gasteiger partial charge in [0.15, 0.2) is 5.79 Å². The van der Waals surface area contributed by atoms with E-state index in [1.165, 1.54) is 0 Å². The Balaban J connectivity index is 2.01. The van der Waals surface area contributed by atoms with Gasteiger partial charge in [-0.3, -0.25) is 4.79 Å². The molecule has 1 saturated heterocycles. The summed E-state index contributed by atoms with van der Waals surface area (Å²) in [7, 11) is 0. The summed E-state index contributed by atoms with van der Waals surface area (Å²) in [5.74, 6) is 0.0603. The summed E-state index contributed by atoms with van der Waals surface area (Å²) in [6.07, 6.45) is 2.58. The summed E-state index contributed by atoms with van der Waals surface area (Å²) in [6, 6.07) is 0. The Morgan fingerprint density at radius 1 is 1.42 bits per heavy atom. The fourth-order valence-electron chi connectivity index (χ4n) is 2.08. The van der Waals surface area contributed by atoms with Crippen LogP contribution >= 0.6 is 0 Å². The first-order valence-electron chi connectivity index (χ1n) is 4.50. The molecule has 3 nitrogen and oxygen atoms in total. The highest BCUT2D eigenvalue weighted by Gasteiger charge is 2.45. The van der Waals surface area contributed by atoms with Crippen LogP contribution in [-0.4, -0.2) is 24.8 Å². The molecule has 2 fully saturated rings. The van der Waals surface area contributed by atoms with E-state index in [0.29, 0.717) is 13.2 Å². The van der Waals surface area contributed by atoms with Gasteiger partial charge in [-0.15, -0.1) is 0 Å². The standard InChI is InChI=1S/C9H14O3/c1-7(10)8-2-3-9(6-8)11-4-5-12-9/h8H,2-6H2,1H3. The van der Waals surface area contributed by atoms with E-state index in [9.17, 15) is 4.79 Å². The molecule has 1 aliphatic heterocycles. The smallest absolute Gasteiger partial charge is 0.169 e. The Kier molecular flexibility index (Phi) is 1.93. The number of Topliss-reactive ketones (excluding diaryl/α,β-unsaturated/α-hetero) is 1. The highest BCUT2D eigenvalue weighted by molar-refractivity contribution is 5.78. The van der Waals surface area contributed by atoms with E-state index in [2.05, 4.69) is 0 Å². The summed E-state index contributed by atoms with van der Waals surface area (Å²) < 4.78 is 11.0. The van der Waals surface area contributed by atoms with Gasteiger partial charge in [-0.1, -0.05) is 0 Å². The van der Waals surface area contributed by atoms with Gasteiger partial charge in [-0.25, -0.2) is 0 Å². The molecule has 1 aliphatic carbocycles. The van der Waals surface area contributed by atoms with Crippen LogP contribution in [0.3, 0.4) is 0 Å². The van der Waals surface area contributed by atoms with Crippen LogP contribution in [0.25, 0.3) is 0 Å². The highest BCUT2D eigenvalue weighted by atomic mass is 16.7. The second-order valence-corrected chi connectivity index (χ2v) is 3.66. The maximum atomic E-state index is 11.1. The maximum Gasteiger partial charge on any atom is 0.169 e. The van der Waals surface area contributed by atoms with Crippen LogP contribution in [0.15, 0.2) is 0 Å². The van der Waals surface area contributed by atoms with Crippen LogP contribution < -0.4 is 0 Å². The van der Waals surface area contributed by atoms with Gasteiger partial charge in [-0.05, 0) is 13.3 Å². The van der Waals surface area contributed by atoms with Crippen molar-refractivity contribution in [1.82, 2.24) is 0 Å². The summed E-state index contributed by atoms with van der Waals surface area (Å²) in [6.45, 7) is 3.02. The topological polar surface area (TPSA) is 35.5 Å². The van der Waals surface area contributed by atoms with E-state index >= 15 is 0 Å². The van der Waals surface area contributed by atoms with E-state index in [1.54, 1.807) is 6.92 Å². The molecule has 0 amide bonds. The number of carbonyl (C=O) groups is 1. The molecule has 0 N–H and O–H groups in total. The van der Waals surface area contributed by atoms with Gasteiger partial charge in [0, 0.05) is 18.8 Å². The predicted octanol–water partition coefficient (Wildman–Crippen LogP) is 1.12. The molecular formula is C9H14O3. The zero-order valence-corrected chi connectivity index (χ0v) is 7.34. The molecule has 1 heterocycles. The number of hydrogen-bond donors (Lipinski definition) is 0. The number of carbonyl (C=O) groups excluding carboxylic acids is 1. The molecule has 3 heteroatoms. The van der Waals surface area contributed by atoms with E-state index in [-0.39, 0.29) is 17.5 Å². The van der Waals surface area contributed by atoms with Crippen LogP contribution in [0, 0.1) is 5.92 Å². The van der Waals surface area contributed by atoms with Crippen molar-refractivity contribution in [3.05, 3.63) is 0 Å². The van der Waals surface area contributed by atoms with Crippen molar-refractivity contribution in [2.75, 3.05) is 13.2 Å². The molecule has 0 radical (unpaired) electrons. The van der Waals surface area contributed by atoms with Crippen molar-refractivity contribution < 1.29 is 14.3 Å².